The first-order valence-corrected chi connectivity index (χ1v) is 5.83. The van der Waals surface area contributed by atoms with E-state index in [1.165, 1.54) is 5.57 Å². The molecule has 0 aliphatic rings. The van der Waals surface area contributed by atoms with E-state index in [4.69, 9.17) is 5.73 Å². The standard InChI is InChI=1S/C14H20N4/c1-5-7-8-11(3)10-18-13(9-16-4)12(6-2)14(15)17-18/h5-9H,2,10H2,1,3-4H3,(H2,15,17)/b7-5-,11-8+,16-9?. The van der Waals surface area contributed by atoms with Crippen molar-refractivity contribution in [3.63, 3.8) is 0 Å². The molecule has 1 aromatic rings. The van der Waals surface area contributed by atoms with Gasteiger partial charge in [0.25, 0.3) is 0 Å². The van der Waals surface area contributed by atoms with Gasteiger partial charge in [-0.1, -0.05) is 36.5 Å². The number of aliphatic imine (C=N–C) groups is 1. The van der Waals surface area contributed by atoms with Crippen molar-refractivity contribution >= 4 is 18.1 Å². The molecule has 0 amide bonds. The Labute approximate surface area is 108 Å². The Bertz CT molecular complexity index is 504. The molecule has 96 valence electrons. The Hall–Kier alpha value is -2.10. The molecule has 1 aromatic heterocycles. The highest BCUT2D eigenvalue weighted by atomic mass is 15.3. The van der Waals surface area contributed by atoms with Crippen molar-refractivity contribution in [1.29, 1.82) is 0 Å². The van der Waals surface area contributed by atoms with Gasteiger partial charge in [-0.25, -0.2) is 0 Å². The summed E-state index contributed by atoms with van der Waals surface area (Å²) in [6, 6.07) is 0. The monoisotopic (exact) mass is 244 g/mol. The maximum atomic E-state index is 5.86. The number of anilines is 1. The van der Waals surface area contributed by atoms with Gasteiger partial charge in [0.15, 0.2) is 5.82 Å². The highest BCUT2D eigenvalue weighted by Crippen LogP contribution is 2.17. The van der Waals surface area contributed by atoms with Crippen LogP contribution in [0.15, 0.2) is 35.4 Å². The summed E-state index contributed by atoms with van der Waals surface area (Å²) in [6.07, 6.45) is 9.51. The van der Waals surface area contributed by atoms with Crippen LogP contribution in [0.25, 0.3) is 6.08 Å². The topological polar surface area (TPSA) is 56.2 Å². The number of hydrogen-bond donors (Lipinski definition) is 1. The maximum Gasteiger partial charge on any atom is 0.153 e. The first kappa shape index (κ1) is 14.0. The third-order valence-corrected chi connectivity index (χ3v) is 2.49. The summed E-state index contributed by atoms with van der Waals surface area (Å²) in [5.41, 5.74) is 8.77. The molecule has 1 rings (SSSR count). The predicted molar refractivity (Wildman–Crippen MR) is 78.8 cm³/mol. The molecule has 0 aromatic carbocycles. The van der Waals surface area contributed by atoms with Gasteiger partial charge in [0, 0.05) is 18.8 Å². The van der Waals surface area contributed by atoms with Crippen molar-refractivity contribution in [3.8, 4) is 0 Å². The van der Waals surface area contributed by atoms with E-state index < -0.39 is 0 Å². The van der Waals surface area contributed by atoms with Gasteiger partial charge in [-0.05, 0) is 13.8 Å². The molecule has 0 saturated heterocycles. The van der Waals surface area contributed by atoms with E-state index in [1.54, 1.807) is 19.3 Å². The second-order valence-electron chi connectivity index (χ2n) is 3.97. The second kappa shape index (κ2) is 6.59. The van der Waals surface area contributed by atoms with E-state index in [9.17, 15) is 0 Å². The Morgan fingerprint density at radius 2 is 2.28 bits per heavy atom. The fourth-order valence-electron chi connectivity index (χ4n) is 1.65. The minimum Gasteiger partial charge on any atom is -0.382 e. The fraction of sp³-hybridized carbons (Fsp3) is 0.286. The molecule has 2 N–H and O–H groups in total. The number of rotatable bonds is 5. The molecule has 0 aliphatic carbocycles. The zero-order valence-corrected chi connectivity index (χ0v) is 11.2. The lowest BCUT2D eigenvalue weighted by atomic mass is 10.2. The van der Waals surface area contributed by atoms with Gasteiger partial charge < -0.3 is 5.73 Å². The molecular weight excluding hydrogens is 224 g/mol. The van der Waals surface area contributed by atoms with E-state index in [1.807, 2.05) is 23.8 Å². The molecule has 0 saturated carbocycles. The van der Waals surface area contributed by atoms with Crippen molar-refractivity contribution in [3.05, 3.63) is 41.6 Å². The number of allylic oxidation sites excluding steroid dienone is 4. The Kier molecular flexibility index (Phi) is 5.11. The first-order valence-electron chi connectivity index (χ1n) is 5.83. The van der Waals surface area contributed by atoms with Crippen molar-refractivity contribution < 1.29 is 0 Å². The van der Waals surface area contributed by atoms with E-state index >= 15 is 0 Å². The molecule has 4 nitrogen and oxygen atoms in total. The van der Waals surface area contributed by atoms with Crippen LogP contribution in [0.1, 0.15) is 25.1 Å². The summed E-state index contributed by atoms with van der Waals surface area (Å²) < 4.78 is 1.84. The SMILES string of the molecule is C=Cc1c(N)nn(C/C(C)=C/C=C\C)c1C=NC. The minimum atomic E-state index is 0.485. The lowest BCUT2D eigenvalue weighted by Gasteiger charge is -2.04. The average molecular weight is 244 g/mol. The van der Waals surface area contributed by atoms with Crippen LogP contribution in [0.5, 0.6) is 0 Å². The van der Waals surface area contributed by atoms with Gasteiger partial charge in [-0.2, -0.15) is 5.10 Å². The molecule has 0 unspecified atom stereocenters. The van der Waals surface area contributed by atoms with Crippen LogP contribution >= 0.6 is 0 Å². The molecule has 4 heteroatoms. The molecule has 0 radical (unpaired) electrons. The zero-order valence-electron chi connectivity index (χ0n) is 11.2. The fourth-order valence-corrected chi connectivity index (χ4v) is 1.65. The molecule has 0 aliphatic heterocycles. The van der Waals surface area contributed by atoms with Gasteiger partial charge in [0.1, 0.15) is 0 Å². The largest absolute Gasteiger partial charge is 0.382 e. The van der Waals surface area contributed by atoms with Crippen LogP contribution in [-0.4, -0.2) is 23.0 Å². The number of nitrogens with zero attached hydrogens (tertiary/aromatic N) is 3. The first-order chi connectivity index (χ1) is 8.63. The van der Waals surface area contributed by atoms with Crippen LogP contribution in [0, 0.1) is 0 Å². The molecule has 0 atom stereocenters. The Morgan fingerprint density at radius 3 is 2.83 bits per heavy atom. The molecule has 0 spiro atoms. The number of nitrogens with two attached hydrogens (primary N) is 1. The summed E-state index contributed by atoms with van der Waals surface area (Å²) in [6.45, 7) is 8.48. The summed E-state index contributed by atoms with van der Waals surface area (Å²) in [4.78, 5) is 4.04. The minimum absolute atomic E-state index is 0.485. The second-order valence-corrected chi connectivity index (χ2v) is 3.97. The summed E-state index contributed by atoms with van der Waals surface area (Å²) in [5, 5.41) is 4.32. The lowest BCUT2D eigenvalue weighted by molar-refractivity contribution is 0.676. The zero-order chi connectivity index (χ0) is 13.5. The van der Waals surface area contributed by atoms with E-state index in [-0.39, 0.29) is 0 Å². The van der Waals surface area contributed by atoms with Gasteiger partial charge in [0.2, 0.25) is 0 Å². The van der Waals surface area contributed by atoms with Gasteiger partial charge in [0.05, 0.1) is 12.2 Å². The van der Waals surface area contributed by atoms with Crippen LogP contribution < -0.4 is 5.73 Å². The van der Waals surface area contributed by atoms with Gasteiger partial charge >= 0.3 is 0 Å². The normalized spacial score (nSPS) is 12.7. The number of aromatic nitrogens is 2. The van der Waals surface area contributed by atoms with E-state index in [2.05, 4.69) is 29.7 Å². The molecule has 0 bridgehead atoms. The summed E-state index contributed by atoms with van der Waals surface area (Å²) in [5.74, 6) is 0.485. The van der Waals surface area contributed by atoms with Crippen molar-refractivity contribution in [2.75, 3.05) is 12.8 Å². The van der Waals surface area contributed by atoms with Crippen LogP contribution in [0.4, 0.5) is 5.82 Å². The molecule has 1 heterocycles. The maximum absolute atomic E-state index is 5.86. The quantitative estimate of drug-likeness (QED) is 0.639. The van der Waals surface area contributed by atoms with E-state index in [0.717, 1.165) is 11.3 Å². The third kappa shape index (κ3) is 3.20. The lowest BCUT2D eigenvalue weighted by Crippen LogP contribution is -2.06. The van der Waals surface area contributed by atoms with Gasteiger partial charge in [-0.3, -0.25) is 9.67 Å². The Morgan fingerprint density at radius 1 is 1.56 bits per heavy atom. The molecule has 18 heavy (non-hydrogen) atoms. The van der Waals surface area contributed by atoms with Crippen molar-refractivity contribution in [2.45, 2.75) is 20.4 Å². The Balaban J connectivity index is 3.13. The van der Waals surface area contributed by atoms with Crippen LogP contribution in [0.2, 0.25) is 0 Å². The van der Waals surface area contributed by atoms with Crippen molar-refractivity contribution in [2.24, 2.45) is 4.99 Å². The summed E-state index contributed by atoms with van der Waals surface area (Å²) >= 11 is 0. The molecular formula is C14H20N4. The molecule has 0 fully saturated rings. The highest BCUT2D eigenvalue weighted by molar-refractivity contribution is 5.86. The smallest absolute Gasteiger partial charge is 0.153 e. The van der Waals surface area contributed by atoms with Crippen LogP contribution in [0.3, 0.4) is 0 Å². The van der Waals surface area contributed by atoms with E-state index in [0.29, 0.717) is 12.4 Å². The third-order valence-electron chi connectivity index (χ3n) is 2.49. The predicted octanol–water partition coefficient (Wildman–Crippen LogP) is 2.68. The highest BCUT2D eigenvalue weighted by Gasteiger charge is 2.11. The average Bonchev–Trinajstić information content (AvgIpc) is 2.63. The number of nitrogen functional groups attached to an aromatic ring is 1. The summed E-state index contributed by atoms with van der Waals surface area (Å²) in [7, 11) is 1.73. The van der Waals surface area contributed by atoms with Crippen LogP contribution in [-0.2, 0) is 6.54 Å². The van der Waals surface area contributed by atoms with Gasteiger partial charge in [-0.15, -0.1) is 0 Å². The number of hydrogen-bond acceptors (Lipinski definition) is 3. The van der Waals surface area contributed by atoms with Crippen molar-refractivity contribution in [1.82, 2.24) is 9.78 Å².